The second kappa shape index (κ2) is 6.34. The third-order valence-electron chi connectivity index (χ3n) is 3.55. The van der Waals surface area contributed by atoms with Crippen LogP contribution in [0.2, 0.25) is 0 Å². The van der Waals surface area contributed by atoms with Crippen molar-refractivity contribution in [1.29, 1.82) is 0 Å². The van der Waals surface area contributed by atoms with Gasteiger partial charge in [0.15, 0.2) is 0 Å². The van der Waals surface area contributed by atoms with E-state index in [0.717, 1.165) is 19.3 Å². The number of hydrogen-bond acceptors (Lipinski definition) is 3. The average Bonchev–Trinajstić information content (AvgIpc) is 2.37. The Morgan fingerprint density at radius 1 is 1.43 bits per heavy atom. The lowest BCUT2D eigenvalue weighted by Gasteiger charge is -2.37. The maximum absolute atomic E-state index is 14.1. The largest absolute Gasteiger partial charge is 0.334 e. The quantitative estimate of drug-likeness (QED) is 0.476. The summed E-state index contributed by atoms with van der Waals surface area (Å²) in [5, 5.41) is 10.7. The Labute approximate surface area is 124 Å². The molecule has 0 aromatic heterocycles. The number of hydrogen-bond donors (Lipinski definition) is 0. The normalized spacial score (nSPS) is 14.6. The first kappa shape index (κ1) is 15.6. The predicted octanol–water partition coefficient (Wildman–Crippen LogP) is 3.11. The molecular formula is C13H13ClF2N2O3. The zero-order valence-corrected chi connectivity index (χ0v) is 11.8. The molecule has 21 heavy (non-hydrogen) atoms. The molecule has 114 valence electrons. The highest BCUT2D eigenvalue weighted by atomic mass is 35.5. The first-order chi connectivity index (χ1) is 9.95. The lowest BCUT2D eigenvalue weighted by molar-refractivity contribution is -0.387. The van der Waals surface area contributed by atoms with E-state index in [4.69, 9.17) is 11.6 Å². The van der Waals surface area contributed by atoms with Gasteiger partial charge in [0.25, 0.3) is 5.91 Å². The molecule has 8 heteroatoms. The van der Waals surface area contributed by atoms with E-state index in [0.29, 0.717) is 12.1 Å². The number of rotatable bonds is 5. The predicted molar refractivity (Wildman–Crippen MR) is 72.4 cm³/mol. The van der Waals surface area contributed by atoms with Crippen LogP contribution in [-0.2, 0) is 0 Å². The molecule has 0 heterocycles. The molecule has 0 radical (unpaired) electrons. The Bertz CT molecular complexity index is 579. The summed E-state index contributed by atoms with van der Waals surface area (Å²) in [4.78, 5) is 23.4. The molecule has 1 aliphatic rings. The number of carbonyl (C=O) groups is 1. The van der Waals surface area contributed by atoms with Gasteiger partial charge in [-0.25, -0.2) is 4.39 Å². The minimum absolute atomic E-state index is 0.0713. The number of nitrogens with zero attached hydrogens (tertiary/aromatic N) is 2. The van der Waals surface area contributed by atoms with E-state index in [1.807, 2.05) is 0 Å². The van der Waals surface area contributed by atoms with E-state index >= 15 is 0 Å². The number of benzene rings is 1. The first-order valence-electron chi connectivity index (χ1n) is 6.46. The zero-order chi connectivity index (χ0) is 15.6. The summed E-state index contributed by atoms with van der Waals surface area (Å²) in [6.07, 6.45) is 2.48. The van der Waals surface area contributed by atoms with Crippen molar-refractivity contribution in [2.75, 3.05) is 12.4 Å². The lowest BCUT2D eigenvalue weighted by Crippen LogP contribution is -2.45. The maximum atomic E-state index is 14.1. The molecule has 1 aromatic carbocycles. The summed E-state index contributed by atoms with van der Waals surface area (Å²) < 4.78 is 27.5. The van der Waals surface area contributed by atoms with Crippen LogP contribution in [0.3, 0.4) is 0 Å². The third kappa shape index (κ3) is 3.12. The molecule has 1 amide bonds. The first-order valence-corrected chi connectivity index (χ1v) is 6.99. The van der Waals surface area contributed by atoms with Crippen LogP contribution in [0.15, 0.2) is 12.1 Å². The number of nitro benzene ring substituents is 1. The van der Waals surface area contributed by atoms with E-state index < -0.39 is 33.7 Å². The Kier molecular flexibility index (Phi) is 4.72. The fourth-order valence-corrected chi connectivity index (χ4v) is 2.44. The van der Waals surface area contributed by atoms with E-state index in [2.05, 4.69) is 0 Å². The molecule has 0 N–H and O–H groups in total. The van der Waals surface area contributed by atoms with Gasteiger partial charge in [-0.2, -0.15) is 4.39 Å². The topological polar surface area (TPSA) is 63.4 Å². The molecule has 2 rings (SSSR count). The number of halogens is 3. The highest BCUT2D eigenvalue weighted by Gasteiger charge is 2.32. The minimum Gasteiger partial charge on any atom is -0.334 e. The zero-order valence-electron chi connectivity index (χ0n) is 11.0. The van der Waals surface area contributed by atoms with Gasteiger partial charge in [0.05, 0.1) is 16.6 Å². The third-order valence-corrected chi connectivity index (χ3v) is 3.72. The van der Waals surface area contributed by atoms with Crippen molar-refractivity contribution in [3.8, 4) is 0 Å². The van der Waals surface area contributed by atoms with Gasteiger partial charge in [0, 0.05) is 18.5 Å². The van der Waals surface area contributed by atoms with Crippen molar-refractivity contribution in [1.82, 2.24) is 4.90 Å². The summed E-state index contributed by atoms with van der Waals surface area (Å²) in [6, 6.07) is 1.07. The molecule has 0 unspecified atom stereocenters. The van der Waals surface area contributed by atoms with Crippen molar-refractivity contribution >= 4 is 23.2 Å². The molecular weight excluding hydrogens is 306 g/mol. The van der Waals surface area contributed by atoms with Crippen LogP contribution in [0.4, 0.5) is 14.5 Å². The van der Waals surface area contributed by atoms with Gasteiger partial charge in [-0.1, -0.05) is 0 Å². The second-order valence-corrected chi connectivity index (χ2v) is 5.19. The second-order valence-electron chi connectivity index (χ2n) is 4.82. The SMILES string of the molecule is O=C(c1cc(F)cc([N+](=O)[O-])c1F)N(CCCl)C1CCC1. The highest BCUT2D eigenvalue weighted by molar-refractivity contribution is 6.18. The molecule has 1 aliphatic carbocycles. The van der Waals surface area contributed by atoms with Crippen molar-refractivity contribution < 1.29 is 18.5 Å². The monoisotopic (exact) mass is 318 g/mol. The number of amides is 1. The molecule has 1 saturated carbocycles. The van der Waals surface area contributed by atoms with Crippen LogP contribution in [0.5, 0.6) is 0 Å². The molecule has 1 aromatic rings. The van der Waals surface area contributed by atoms with Crippen molar-refractivity contribution in [2.45, 2.75) is 25.3 Å². The van der Waals surface area contributed by atoms with Gasteiger partial charge >= 0.3 is 5.69 Å². The maximum Gasteiger partial charge on any atom is 0.308 e. The summed E-state index contributed by atoms with van der Waals surface area (Å²) >= 11 is 5.64. The Hall–Kier alpha value is -1.76. The summed E-state index contributed by atoms with van der Waals surface area (Å²) in [5.41, 5.74) is -1.67. The summed E-state index contributed by atoms with van der Waals surface area (Å²) in [7, 11) is 0. The van der Waals surface area contributed by atoms with Crippen molar-refractivity contribution in [3.05, 3.63) is 39.4 Å². The van der Waals surface area contributed by atoms with Crippen molar-refractivity contribution in [2.24, 2.45) is 0 Å². The Morgan fingerprint density at radius 3 is 2.57 bits per heavy atom. The van der Waals surface area contributed by atoms with Crippen LogP contribution in [0.25, 0.3) is 0 Å². The van der Waals surface area contributed by atoms with Crippen molar-refractivity contribution in [3.63, 3.8) is 0 Å². The van der Waals surface area contributed by atoms with Gasteiger partial charge in [0.2, 0.25) is 5.82 Å². The minimum atomic E-state index is -1.31. The Morgan fingerprint density at radius 2 is 2.10 bits per heavy atom. The summed E-state index contributed by atoms with van der Waals surface area (Å²) in [5.74, 6) is -2.95. The van der Waals surface area contributed by atoms with Crippen LogP contribution in [0, 0.1) is 21.7 Å². The van der Waals surface area contributed by atoms with Crippen LogP contribution >= 0.6 is 11.6 Å². The molecule has 1 fully saturated rings. The molecule has 0 aliphatic heterocycles. The van der Waals surface area contributed by atoms with E-state index in [1.54, 1.807) is 0 Å². The fraction of sp³-hybridized carbons (Fsp3) is 0.462. The number of nitro groups is 1. The van der Waals surface area contributed by atoms with Gasteiger partial charge in [0.1, 0.15) is 5.82 Å². The molecule has 0 atom stereocenters. The Balaban J connectivity index is 2.39. The highest BCUT2D eigenvalue weighted by Crippen LogP contribution is 2.29. The lowest BCUT2D eigenvalue weighted by atomic mass is 9.91. The summed E-state index contributed by atoms with van der Waals surface area (Å²) in [6.45, 7) is 0.189. The fourth-order valence-electron chi connectivity index (χ4n) is 2.26. The number of alkyl halides is 1. The van der Waals surface area contributed by atoms with Gasteiger partial charge in [-0.05, 0) is 25.3 Å². The van der Waals surface area contributed by atoms with E-state index in [1.165, 1.54) is 4.90 Å². The number of carbonyl (C=O) groups excluding carboxylic acids is 1. The molecule has 0 saturated heterocycles. The van der Waals surface area contributed by atoms with Crippen LogP contribution in [-0.4, -0.2) is 34.2 Å². The average molecular weight is 319 g/mol. The van der Waals surface area contributed by atoms with Gasteiger partial charge in [-0.15, -0.1) is 11.6 Å². The molecule has 0 spiro atoms. The van der Waals surface area contributed by atoms with Gasteiger partial charge < -0.3 is 4.90 Å². The molecule has 0 bridgehead atoms. The van der Waals surface area contributed by atoms with Crippen LogP contribution in [0.1, 0.15) is 29.6 Å². The standard InChI is InChI=1S/C13H13ClF2N2O3/c14-4-5-17(9-2-1-3-9)13(19)10-6-8(15)7-11(12(10)16)18(20)21/h6-7,9H,1-5H2. The van der Waals surface area contributed by atoms with E-state index in [9.17, 15) is 23.7 Å². The smallest absolute Gasteiger partial charge is 0.308 e. The molecule has 5 nitrogen and oxygen atoms in total. The van der Waals surface area contributed by atoms with Gasteiger partial charge in [-0.3, -0.25) is 14.9 Å². The van der Waals surface area contributed by atoms with Crippen LogP contribution < -0.4 is 0 Å². The van der Waals surface area contributed by atoms with E-state index in [-0.39, 0.29) is 18.5 Å².